The van der Waals surface area contributed by atoms with Crippen LogP contribution in [0.4, 0.5) is 5.13 Å². The Bertz CT molecular complexity index is 1140. The van der Waals surface area contributed by atoms with E-state index in [-0.39, 0.29) is 18.2 Å². The molecular formula is C23H25ClN4O3S. The Morgan fingerprint density at radius 1 is 1.25 bits per heavy atom. The number of anilines is 1. The van der Waals surface area contributed by atoms with Gasteiger partial charge < -0.3 is 4.74 Å². The number of benzene rings is 1. The lowest BCUT2D eigenvalue weighted by Gasteiger charge is -2.18. The molecule has 0 aliphatic rings. The van der Waals surface area contributed by atoms with Gasteiger partial charge in [0.1, 0.15) is 5.15 Å². The van der Waals surface area contributed by atoms with Crippen LogP contribution < -0.4 is 4.90 Å². The Balaban J connectivity index is 1.89. The van der Waals surface area contributed by atoms with Crippen LogP contribution in [0.1, 0.15) is 39.1 Å². The standard InChI is InChI=1S/C23H25ClN4O3S/c1-5-31-22(30)20-16(3)32-23(25-20)28(14-13-17-9-7-6-8-10-17)19(29)12-11-18-15(2)26-27(4)21(18)24/h6-12H,5,13-14H2,1-4H3/b12-11+. The lowest BCUT2D eigenvalue weighted by Crippen LogP contribution is -2.31. The highest BCUT2D eigenvalue weighted by Crippen LogP contribution is 2.27. The predicted octanol–water partition coefficient (Wildman–Crippen LogP) is 4.61. The fourth-order valence-electron chi connectivity index (χ4n) is 3.15. The molecule has 0 aliphatic carbocycles. The van der Waals surface area contributed by atoms with Gasteiger partial charge in [0.25, 0.3) is 5.91 Å². The zero-order valence-corrected chi connectivity index (χ0v) is 20.0. The van der Waals surface area contributed by atoms with E-state index in [1.165, 1.54) is 17.4 Å². The van der Waals surface area contributed by atoms with Crippen molar-refractivity contribution >= 4 is 46.0 Å². The van der Waals surface area contributed by atoms with Gasteiger partial charge in [0.15, 0.2) is 10.8 Å². The van der Waals surface area contributed by atoms with E-state index in [0.29, 0.717) is 33.7 Å². The summed E-state index contributed by atoms with van der Waals surface area (Å²) in [6.07, 6.45) is 3.76. The van der Waals surface area contributed by atoms with E-state index >= 15 is 0 Å². The molecule has 0 bridgehead atoms. The number of halogens is 1. The van der Waals surface area contributed by atoms with Gasteiger partial charge in [0.2, 0.25) is 0 Å². The van der Waals surface area contributed by atoms with Crippen molar-refractivity contribution in [3.8, 4) is 0 Å². The fraction of sp³-hybridized carbons (Fsp3) is 0.304. The third-order valence-corrected chi connectivity index (χ3v) is 6.25. The molecule has 168 valence electrons. The van der Waals surface area contributed by atoms with Crippen molar-refractivity contribution in [2.45, 2.75) is 27.2 Å². The minimum Gasteiger partial charge on any atom is -0.461 e. The number of nitrogens with zero attached hydrogens (tertiary/aromatic N) is 4. The molecule has 9 heteroatoms. The van der Waals surface area contributed by atoms with Gasteiger partial charge >= 0.3 is 5.97 Å². The summed E-state index contributed by atoms with van der Waals surface area (Å²) in [5.74, 6) is -0.749. The molecule has 32 heavy (non-hydrogen) atoms. The number of aryl methyl sites for hydroxylation is 3. The van der Waals surface area contributed by atoms with Crippen molar-refractivity contribution in [3.63, 3.8) is 0 Å². The minimum atomic E-state index is -0.490. The number of hydrogen-bond donors (Lipinski definition) is 0. The summed E-state index contributed by atoms with van der Waals surface area (Å²) in [4.78, 5) is 32.1. The Kier molecular flexibility index (Phi) is 7.82. The van der Waals surface area contributed by atoms with E-state index in [9.17, 15) is 9.59 Å². The Morgan fingerprint density at radius 2 is 1.97 bits per heavy atom. The first kappa shape index (κ1) is 23.7. The number of rotatable bonds is 8. The molecule has 0 aliphatic heterocycles. The second kappa shape index (κ2) is 10.6. The zero-order valence-electron chi connectivity index (χ0n) is 18.5. The smallest absolute Gasteiger partial charge is 0.358 e. The number of carbonyl (C=O) groups is 2. The molecule has 1 aromatic carbocycles. The minimum absolute atomic E-state index is 0.236. The Hall–Kier alpha value is -2.97. The third-order valence-electron chi connectivity index (χ3n) is 4.81. The molecule has 0 fully saturated rings. The summed E-state index contributed by atoms with van der Waals surface area (Å²) < 4.78 is 6.65. The second-order valence-electron chi connectivity index (χ2n) is 7.09. The lowest BCUT2D eigenvalue weighted by molar-refractivity contribution is -0.114. The lowest BCUT2D eigenvalue weighted by atomic mass is 10.1. The molecule has 0 N–H and O–H groups in total. The van der Waals surface area contributed by atoms with Gasteiger partial charge in [-0.25, -0.2) is 9.78 Å². The van der Waals surface area contributed by atoms with E-state index in [0.717, 1.165) is 11.3 Å². The van der Waals surface area contributed by atoms with Crippen molar-refractivity contribution < 1.29 is 14.3 Å². The maximum absolute atomic E-state index is 13.2. The number of carbonyl (C=O) groups excluding carboxylic acids is 2. The largest absolute Gasteiger partial charge is 0.461 e. The van der Waals surface area contributed by atoms with Gasteiger partial charge in [0, 0.05) is 30.1 Å². The third kappa shape index (κ3) is 5.44. The zero-order chi connectivity index (χ0) is 23.3. The van der Waals surface area contributed by atoms with Crippen LogP contribution in [0.2, 0.25) is 5.15 Å². The van der Waals surface area contributed by atoms with Gasteiger partial charge in [-0.05, 0) is 38.8 Å². The van der Waals surface area contributed by atoms with Gasteiger partial charge in [-0.15, -0.1) is 11.3 Å². The summed E-state index contributed by atoms with van der Waals surface area (Å²) >= 11 is 7.58. The summed E-state index contributed by atoms with van der Waals surface area (Å²) in [5.41, 5.74) is 2.75. The van der Waals surface area contributed by atoms with Crippen LogP contribution >= 0.6 is 22.9 Å². The average molecular weight is 473 g/mol. The molecule has 0 unspecified atom stereocenters. The van der Waals surface area contributed by atoms with E-state index in [1.807, 2.05) is 37.3 Å². The highest BCUT2D eigenvalue weighted by molar-refractivity contribution is 7.16. The van der Waals surface area contributed by atoms with Gasteiger partial charge in [-0.2, -0.15) is 5.10 Å². The quantitative estimate of drug-likeness (QED) is 0.353. The van der Waals surface area contributed by atoms with Crippen LogP contribution in [0.3, 0.4) is 0 Å². The van der Waals surface area contributed by atoms with Crippen LogP contribution in [-0.2, 0) is 23.0 Å². The van der Waals surface area contributed by atoms with E-state index < -0.39 is 5.97 Å². The first-order valence-corrected chi connectivity index (χ1v) is 11.4. The SMILES string of the molecule is CCOC(=O)c1nc(N(CCc2ccccc2)C(=O)/C=C/c2c(C)nn(C)c2Cl)sc1C. The molecular weight excluding hydrogens is 448 g/mol. The van der Waals surface area contributed by atoms with Crippen molar-refractivity contribution in [2.24, 2.45) is 7.05 Å². The molecule has 1 amide bonds. The van der Waals surface area contributed by atoms with Crippen molar-refractivity contribution in [1.82, 2.24) is 14.8 Å². The monoisotopic (exact) mass is 472 g/mol. The fourth-order valence-corrected chi connectivity index (χ4v) is 4.32. The Morgan fingerprint density at radius 3 is 2.59 bits per heavy atom. The summed E-state index contributed by atoms with van der Waals surface area (Å²) in [6.45, 7) is 6.03. The maximum Gasteiger partial charge on any atom is 0.358 e. The van der Waals surface area contributed by atoms with E-state index in [1.54, 1.807) is 36.6 Å². The normalized spacial score (nSPS) is 11.2. The van der Waals surface area contributed by atoms with Gasteiger partial charge in [-0.3, -0.25) is 14.4 Å². The topological polar surface area (TPSA) is 77.3 Å². The van der Waals surface area contributed by atoms with Gasteiger partial charge in [-0.1, -0.05) is 41.9 Å². The van der Waals surface area contributed by atoms with Crippen LogP contribution in [-0.4, -0.2) is 39.8 Å². The molecule has 7 nitrogen and oxygen atoms in total. The van der Waals surface area contributed by atoms with E-state index in [2.05, 4.69) is 10.1 Å². The average Bonchev–Trinajstić information content (AvgIpc) is 3.26. The van der Waals surface area contributed by atoms with E-state index in [4.69, 9.17) is 16.3 Å². The molecule has 0 saturated carbocycles. The molecule has 2 heterocycles. The first-order valence-electron chi connectivity index (χ1n) is 10.2. The number of esters is 1. The summed E-state index contributed by atoms with van der Waals surface area (Å²) in [7, 11) is 1.75. The van der Waals surface area contributed by atoms with Crippen LogP contribution in [0, 0.1) is 13.8 Å². The highest BCUT2D eigenvalue weighted by Gasteiger charge is 2.23. The summed E-state index contributed by atoms with van der Waals surface area (Å²) in [6, 6.07) is 9.88. The molecule has 0 spiro atoms. The number of aromatic nitrogens is 3. The first-order chi connectivity index (χ1) is 15.3. The van der Waals surface area contributed by atoms with Crippen molar-refractivity contribution in [1.29, 1.82) is 0 Å². The van der Waals surface area contributed by atoms with Gasteiger partial charge in [0.05, 0.1) is 12.3 Å². The molecule has 2 aromatic heterocycles. The number of hydrogen-bond acceptors (Lipinski definition) is 6. The number of amides is 1. The highest BCUT2D eigenvalue weighted by atomic mass is 35.5. The number of ether oxygens (including phenoxy) is 1. The molecule has 0 atom stereocenters. The second-order valence-corrected chi connectivity index (χ2v) is 8.63. The molecule has 3 aromatic rings. The van der Waals surface area contributed by atoms with Crippen molar-refractivity contribution in [2.75, 3.05) is 18.1 Å². The molecule has 0 radical (unpaired) electrons. The van der Waals surface area contributed by atoms with Crippen molar-refractivity contribution in [3.05, 3.63) is 69.0 Å². The predicted molar refractivity (Wildman–Crippen MR) is 127 cm³/mol. The number of thiazole rings is 1. The van der Waals surface area contributed by atoms with Crippen LogP contribution in [0.15, 0.2) is 36.4 Å². The van der Waals surface area contributed by atoms with Crippen LogP contribution in [0.5, 0.6) is 0 Å². The van der Waals surface area contributed by atoms with Crippen LogP contribution in [0.25, 0.3) is 6.08 Å². The molecule has 0 saturated heterocycles. The molecule has 3 rings (SSSR count). The maximum atomic E-state index is 13.2. The summed E-state index contributed by atoms with van der Waals surface area (Å²) in [5, 5.41) is 5.17. The Labute approximate surface area is 196 Å².